The van der Waals surface area contributed by atoms with Crippen molar-refractivity contribution >= 4 is 28.3 Å². The molecule has 0 aromatic heterocycles. The maximum atomic E-state index is 13.2. The Kier molecular flexibility index (Phi) is 4.20. The van der Waals surface area contributed by atoms with Crippen molar-refractivity contribution in [3.8, 4) is 0 Å². The third-order valence-electron chi connectivity index (χ3n) is 5.90. The van der Waals surface area contributed by atoms with Crippen molar-refractivity contribution in [1.29, 1.82) is 0 Å². The average molecular weight is 383 g/mol. The highest BCUT2D eigenvalue weighted by atomic mass is 16.5. The summed E-state index contributed by atoms with van der Waals surface area (Å²) in [6.07, 6.45) is 1.19. The Bertz CT molecular complexity index is 1160. The van der Waals surface area contributed by atoms with E-state index in [1.165, 1.54) is 5.56 Å². The Morgan fingerprint density at radius 3 is 2.48 bits per heavy atom. The van der Waals surface area contributed by atoms with Crippen LogP contribution in [0.1, 0.15) is 30.4 Å². The number of cyclic esters (lactones) is 1. The van der Waals surface area contributed by atoms with Gasteiger partial charge in [-0.1, -0.05) is 61.5 Å². The van der Waals surface area contributed by atoms with Crippen molar-refractivity contribution in [1.82, 2.24) is 0 Å². The maximum absolute atomic E-state index is 13.2. The van der Waals surface area contributed by atoms with Crippen LogP contribution in [0.25, 0.3) is 10.8 Å². The van der Waals surface area contributed by atoms with Crippen LogP contribution in [0.3, 0.4) is 0 Å². The molecule has 1 amide bonds. The minimum atomic E-state index is -0.319. The third-order valence-corrected chi connectivity index (χ3v) is 5.90. The number of carbonyl (C=O) groups is 2. The van der Waals surface area contributed by atoms with Gasteiger partial charge >= 0.3 is 5.97 Å². The summed E-state index contributed by atoms with van der Waals surface area (Å²) in [6.45, 7) is 2.23. The molecule has 1 unspecified atom stereocenters. The second-order valence-electron chi connectivity index (χ2n) is 7.55. The van der Waals surface area contributed by atoms with E-state index >= 15 is 0 Å². The zero-order valence-electron chi connectivity index (χ0n) is 16.2. The summed E-state index contributed by atoms with van der Waals surface area (Å²) in [6, 6.07) is 22.2. The highest BCUT2D eigenvalue weighted by Gasteiger charge is 2.42. The number of esters is 1. The van der Waals surface area contributed by atoms with Gasteiger partial charge in [-0.25, -0.2) is 4.79 Å². The number of amides is 1. The number of aryl methyl sites for hydroxylation is 1. The van der Waals surface area contributed by atoms with Gasteiger partial charge in [-0.05, 0) is 40.5 Å². The third kappa shape index (κ3) is 2.92. The quantitative estimate of drug-likeness (QED) is 0.614. The lowest BCUT2D eigenvalue weighted by Gasteiger charge is -2.32. The van der Waals surface area contributed by atoms with Crippen molar-refractivity contribution in [2.75, 3.05) is 11.5 Å². The number of nitrogens with zero attached hydrogens (tertiary/aromatic N) is 1. The Balaban J connectivity index is 1.60. The molecule has 0 N–H and O–H groups in total. The molecule has 0 aliphatic carbocycles. The van der Waals surface area contributed by atoms with E-state index in [1.807, 2.05) is 54.6 Å². The lowest BCUT2D eigenvalue weighted by atomic mass is 9.83. The first-order chi connectivity index (χ1) is 14.2. The Hall–Kier alpha value is -3.40. The van der Waals surface area contributed by atoms with Crippen molar-refractivity contribution in [3.05, 3.63) is 89.1 Å². The molecule has 29 heavy (non-hydrogen) atoms. The van der Waals surface area contributed by atoms with Crippen LogP contribution in [-0.4, -0.2) is 18.5 Å². The summed E-state index contributed by atoms with van der Waals surface area (Å²) in [4.78, 5) is 27.5. The lowest BCUT2D eigenvalue weighted by Crippen LogP contribution is -2.37. The lowest BCUT2D eigenvalue weighted by molar-refractivity contribution is -0.136. The van der Waals surface area contributed by atoms with Gasteiger partial charge in [0, 0.05) is 18.0 Å². The van der Waals surface area contributed by atoms with E-state index in [-0.39, 0.29) is 30.8 Å². The summed E-state index contributed by atoms with van der Waals surface area (Å²) < 4.78 is 5.38. The number of ether oxygens (including phenoxy) is 1. The van der Waals surface area contributed by atoms with E-state index in [0.717, 1.165) is 28.4 Å². The number of carbonyl (C=O) groups excluding carboxylic acids is 2. The van der Waals surface area contributed by atoms with Crippen LogP contribution in [0.2, 0.25) is 0 Å². The highest BCUT2D eigenvalue weighted by molar-refractivity contribution is 6.06. The van der Waals surface area contributed by atoms with Gasteiger partial charge in [0.2, 0.25) is 5.91 Å². The van der Waals surface area contributed by atoms with Crippen molar-refractivity contribution in [3.63, 3.8) is 0 Å². The number of anilines is 1. The molecule has 3 aromatic carbocycles. The minimum absolute atomic E-state index is 0.00976. The predicted molar refractivity (Wildman–Crippen MR) is 113 cm³/mol. The zero-order valence-corrected chi connectivity index (χ0v) is 16.2. The molecule has 0 saturated heterocycles. The summed E-state index contributed by atoms with van der Waals surface area (Å²) in [7, 11) is 0. The molecule has 144 valence electrons. The SMILES string of the molecule is CCc1ccc(N2C(=O)CC(c3ccc4ccccc4c3)C3=C2COC3=O)cc1. The van der Waals surface area contributed by atoms with E-state index in [0.29, 0.717) is 11.3 Å². The van der Waals surface area contributed by atoms with Crippen molar-refractivity contribution in [2.45, 2.75) is 25.7 Å². The second kappa shape index (κ2) is 6.89. The Labute approximate surface area is 169 Å². The molecular weight excluding hydrogens is 362 g/mol. The molecule has 0 bridgehead atoms. The van der Waals surface area contributed by atoms with Gasteiger partial charge < -0.3 is 4.74 Å². The number of hydrogen-bond acceptors (Lipinski definition) is 3. The fraction of sp³-hybridized carbons (Fsp3) is 0.200. The molecular formula is C25H21NO3. The van der Waals surface area contributed by atoms with Crippen molar-refractivity contribution in [2.24, 2.45) is 0 Å². The normalized spacial score (nSPS) is 18.9. The number of fused-ring (bicyclic) bond motifs is 1. The standard InChI is InChI=1S/C25H21NO3/c1-2-16-7-11-20(12-8-16)26-22-15-29-25(28)24(22)21(14-23(26)27)19-10-9-17-5-3-4-6-18(17)13-19/h3-13,21H,2,14-15H2,1H3. The van der Waals surface area contributed by atoms with E-state index in [9.17, 15) is 9.59 Å². The first-order valence-corrected chi connectivity index (χ1v) is 9.96. The molecule has 5 rings (SSSR count). The number of benzene rings is 3. The summed E-state index contributed by atoms with van der Waals surface area (Å²) in [5, 5.41) is 2.24. The van der Waals surface area contributed by atoms with Gasteiger partial charge in [-0.15, -0.1) is 0 Å². The molecule has 0 fully saturated rings. The largest absolute Gasteiger partial charge is 0.456 e. The van der Waals surface area contributed by atoms with Gasteiger partial charge in [-0.3, -0.25) is 9.69 Å². The molecule has 2 aliphatic heterocycles. The van der Waals surface area contributed by atoms with Crippen LogP contribution in [0.5, 0.6) is 0 Å². The molecule has 2 aliphatic rings. The Morgan fingerprint density at radius 2 is 1.72 bits per heavy atom. The minimum Gasteiger partial charge on any atom is -0.456 e. The van der Waals surface area contributed by atoms with Gasteiger partial charge in [0.25, 0.3) is 0 Å². The predicted octanol–water partition coefficient (Wildman–Crippen LogP) is 4.73. The van der Waals surface area contributed by atoms with Crippen LogP contribution in [0, 0.1) is 0 Å². The molecule has 1 atom stereocenters. The zero-order chi connectivity index (χ0) is 20.0. The van der Waals surface area contributed by atoms with E-state index in [2.05, 4.69) is 19.1 Å². The van der Waals surface area contributed by atoms with Crippen LogP contribution >= 0.6 is 0 Å². The summed E-state index contributed by atoms with van der Waals surface area (Å²) in [5.74, 6) is -0.603. The van der Waals surface area contributed by atoms with Crippen LogP contribution in [0.15, 0.2) is 78.0 Å². The fourth-order valence-corrected chi connectivity index (χ4v) is 4.34. The maximum Gasteiger partial charge on any atom is 0.336 e. The first kappa shape index (κ1) is 17.7. The van der Waals surface area contributed by atoms with Crippen LogP contribution in [-0.2, 0) is 20.7 Å². The first-order valence-electron chi connectivity index (χ1n) is 9.96. The van der Waals surface area contributed by atoms with E-state index in [1.54, 1.807) is 4.90 Å². The Morgan fingerprint density at radius 1 is 0.966 bits per heavy atom. The van der Waals surface area contributed by atoms with Gasteiger partial charge in [-0.2, -0.15) is 0 Å². The average Bonchev–Trinajstić information content (AvgIpc) is 3.14. The molecule has 4 nitrogen and oxygen atoms in total. The van der Waals surface area contributed by atoms with Gasteiger partial charge in [0.15, 0.2) is 0 Å². The van der Waals surface area contributed by atoms with Crippen LogP contribution < -0.4 is 4.90 Å². The molecule has 3 aromatic rings. The molecule has 4 heteroatoms. The molecule has 2 heterocycles. The van der Waals surface area contributed by atoms with Crippen molar-refractivity contribution < 1.29 is 14.3 Å². The second-order valence-corrected chi connectivity index (χ2v) is 7.55. The summed E-state index contributed by atoms with van der Waals surface area (Å²) >= 11 is 0. The number of hydrogen-bond donors (Lipinski definition) is 0. The fourth-order valence-electron chi connectivity index (χ4n) is 4.34. The van der Waals surface area contributed by atoms with Gasteiger partial charge in [0.1, 0.15) is 6.61 Å². The van der Waals surface area contributed by atoms with E-state index < -0.39 is 0 Å². The summed E-state index contributed by atoms with van der Waals surface area (Å²) in [5.41, 5.74) is 4.26. The van der Waals surface area contributed by atoms with Crippen LogP contribution in [0.4, 0.5) is 5.69 Å². The molecule has 0 saturated carbocycles. The highest BCUT2D eigenvalue weighted by Crippen LogP contribution is 2.42. The molecule has 0 radical (unpaired) electrons. The smallest absolute Gasteiger partial charge is 0.336 e. The van der Waals surface area contributed by atoms with Gasteiger partial charge in [0.05, 0.1) is 11.3 Å². The molecule has 0 spiro atoms. The number of rotatable bonds is 3. The topological polar surface area (TPSA) is 46.6 Å². The van der Waals surface area contributed by atoms with E-state index in [4.69, 9.17) is 4.74 Å². The monoisotopic (exact) mass is 383 g/mol.